The fraction of sp³-hybridized carbons (Fsp3) is 0.538. The Labute approximate surface area is 119 Å². The van der Waals surface area contributed by atoms with Gasteiger partial charge in [-0.3, -0.25) is 0 Å². The minimum atomic E-state index is -3.38. The summed E-state index contributed by atoms with van der Waals surface area (Å²) in [7, 11) is -1.71. The van der Waals surface area contributed by atoms with Gasteiger partial charge in [0.05, 0.1) is 4.90 Å². The van der Waals surface area contributed by atoms with Crippen LogP contribution in [0.2, 0.25) is 0 Å². The maximum absolute atomic E-state index is 12.6. The number of nitrogens with zero attached hydrogens (tertiary/aromatic N) is 1. The van der Waals surface area contributed by atoms with Crippen LogP contribution in [-0.2, 0) is 10.0 Å². The summed E-state index contributed by atoms with van der Waals surface area (Å²) < 4.78 is 26.7. The Bertz CT molecular complexity index is 525. The van der Waals surface area contributed by atoms with Gasteiger partial charge in [0, 0.05) is 18.5 Å². The minimum Gasteiger partial charge on any atom is -0.316 e. The van der Waals surface area contributed by atoms with E-state index in [4.69, 9.17) is 0 Å². The van der Waals surface area contributed by atoms with Crippen LogP contribution in [-0.4, -0.2) is 45.7 Å². The zero-order valence-electron chi connectivity index (χ0n) is 11.3. The van der Waals surface area contributed by atoms with Gasteiger partial charge in [0.15, 0.2) is 0 Å². The quantitative estimate of drug-likeness (QED) is 0.840. The Morgan fingerprint density at radius 1 is 1.42 bits per heavy atom. The van der Waals surface area contributed by atoms with Gasteiger partial charge >= 0.3 is 0 Å². The molecule has 1 aliphatic rings. The number of thioether (sulfide) groups is 1. The number of sulfonamides is 1. The van der Waals surface area contributed by atoms with Crippen LogP contribution in [0.15, 0.2) is 34.1 Å². The van der Waals surface area contributed by atoms with Crippen molar-refractivity contribution in [2.24, 2.45) is 5.92 Å². The number of hydrogen-bond acceptors (Lipinski definition) is 4. The van der Waals surface area contributed by atoms with Crippen LogP contribution in [0.25, 0.3) is 0 Å². The first-order valence-corrected chi connectivity index (χ1v) is 9.02. The molecule has 1 atom stereocenters. The molecule has 1 aromatic rings. The molecule has 4 nitrogen and oxygen atoms in total. The first kappa shape index (κ1) is 14.8. The van der Waals surface area contributed by atoms with Gasteiger partial charge in [-0.05, 0) is 43.8 Å². The van der Waals surface area contributed by atoms with Crippen LogP contribution in [0.5, 0.6) is 0 Å². The van der Waals surface area contributed by atoms with Crippen molar-refractivity contribution in [1.29, 1.82) is 0 Å². The van der Waals surface area contributed by atoms with Gasteiger partial charge in [0.2, 0.25) is 10.0 Å². The average Bonchev–Trinajstić information content (AvgIpc) is 2.91. The van der Waals surface area contributed by atoms with Gasteiger partial charge in [-0.2, -0.15) is 0 Å². The SMILES string of the molecule is CSc1ccccc1S(=O)(=O)N(C)CC1CCNC1. The smallest absolute Gasteiger partial charge is 0.243 e. The molecule has 0 radical (unpaired) electrons. The summed E-state index contributed by atoms with van der Waals surface area (Å²) in [6.45, 7) is 2.47. The molecule has 0 saturated carbocycles. The third-order valence-corrected chi connectivity index (χ3v) is 6.24. The Balaban J connectivity index is 2.20. The maximum Gasteiger partial charge on any atom is 0.243 e. The molecule has 0 spiro atoms. The molecule has 1 saturated heterocycles. The van der Waals surface area contributed by atoms with Crippen molar-refractivity contribution < 1.29 is 8.42 Å². The predicted octanol–water partition coefficient (Wildman–Crippen LogP) is 1.64. The molecule has 19 heavy (non-hydrogen) atoms. The van der Waals surface area contributed by atoms with Crippen molar-refractivity contribution >= 4 is 21.8 Å². The van der Waals surface area contributed by atoms with Gasteiger partial charge in [0.1, 0.15) is 0 Å². The lowest BCUT2D eigenvalue weighted by Crippen LogP contribution is -2.33. The predicted molar refractivity (Wildman–Crippen MR) is 79.0 cm³/mol. The third kappa shape index (κ3) is 3.31. The highest BCUT2D eigenvalue weighted by atomic mass is 32.2. The van der Waals surface area contributed by atoms with Crippen molar-refractivity contribution in [1.82, 2.24) is 9.62 Å². The normalized spacial score (nSPS) is 20.1. The van der Waals surface area contributed by atoms with E-state index in [9.17, 15) is 8.42 Å². The molecular weight excluding hydrogens is 280 g/mol. The number of benzene rings is 1. The lowest BCUT2D eigenvalue weighted by atomic mass is 10.1. The summed E-state index contributed by atoms with van der Waals surface area (Å²) in [4.78, 5) is 1.22. The van der Waals surface area contributed by atoms with Crippen LogP contribution in [0.1, 0.15) is 6.42 Å². The highest BCUT2D eigenvalue weighted by molar-refractivity contribution is 7.99. The molecule has 0 bridgehead atoms. The summed E-state index contributed by atoms with van der Waals surface area (Å²) >= 11 is 1.46. The van der Waals surface area contributed by atoms with Crippen molar-refractivity contribution in [2.45, 2.75) is 16.2 Å². The van der Waals surface area contributed by atoms with Gasteiger partial charge in [0.25, 0.3) is 0 Å². The minimum absolute atomic E-state index is 0.413. The summed E-state index contributed by atoms with van der Waals surface area (Å²) in [5.41, 5.74) is 0. The van der Waals surface area contributed by atoms with E-state index in [0.717, 1.165) is 24.4 Å². The molecule has 0 aliphatic carbocycles. The fourth-order valence-electron chi connectivity index (χ4n) is 2.33. The highest BCUT2D eigenvalue weighted by Crippen LogP contribution is 2.27. The molecule has 1 unspecified atom stereocenters. The molecule has 1 N–H and O–H groups in total. The lowest BCUT2D eigenvalue weighted by Gasteiger charge is -2.21. The molecule has 1 aliphatic heterocycles. The van der Waals surface area contributed by atoms with Crippen molar-refractivity contribution in [3.8, 4) is 0 Å². The molecular formula is C13H20N2O2S2. The second kappa shape index (κ2) is 6.26. The number of hydrogen-bond donors (Lipinski definition) is 1. The van der Waals surface area contributed by atoms with Crippen molar-refractivity contribution in [3.63, 3.8) is 0 Å². The maximum atomic E-state index is 12.6. The van der Waals surface area contributed by atoms with E-state index >= 15 is 0 Å². The second-order valence-corrected chi connectivity index (χ2v) is 7.66. The zero-order chi connectivity index (χ0) is 13.9. The standard InChI is InChI=1S/C13H20N2O2S2/c1-15(10-11-7-8-14-9-11)19(16,17)13-6-4-3-5-12(13)18-2/h3-6,11,14H,7-10H2,1-2H3. The molecule has 0 aromatic heterocycles. The van der Waals surface area contributed by atoms with Crippen LogP contribution >= 0.6 is 11.8 Å². The Morgan fingerprint density at radius 2 is 2.16 bits per heavy atom. The summed E-state index contributed by atoms with van der Waals surface area (Å²) in [6.07, 6.45) is 2.94. The molecule has 6 heteroatoms. The molecule has 1 aromatic carbocycles. The Kier molecular flexibility index (Phi) is 4.89. The Morgan fingerprint density at radius 3 is 2.79 bits per heavy atom. The Hall–Kier alpha value is -0.560. The number of rotatable bonds is 5. The van der Waals surface area contributed by atoms with Gasteiger partial charge < -0.3 is 5.32 Å². The zero-order valence-corrected chi connectivity index (χ0v) is 12.9. The molecule has 1 heterocycles. The topological polar surface area (TPSA) is 49.4 Å². The first-order chi connectivity index (χ1) is 9.05. The highest BCUT2D eigenvalue weighted by Gasteiger charge is 2.26. The monoisotopic (exact) mass is 300 g/mol. The van der Waals surface area contributed by atoms with Gasteiger partial charge in [-0.15, -0.1) is 11.8 Å². The summed E-state index contributed by atoms with van der Waals surface area (Å²) in [5.74, 6) is 0.418. The molecule has 0 amide bonds. The van der Waals surface area contributed by atoms with Crippen molar-refractivity contribution in [2.75, 3.05) is 32.9 Å². The summed E-state index contributed by atoms with van der Waals surface area (Å²) in [6, 6.07) is 7.18. The van der Waals surface area contributed by atoms with E-state index < -0.39 is 10.0 Å². The van der Waals surface area contributed by atoms with E-state index in [1.54, 1.807) is 19.2 Å². The van der Waals surface area contributed by atoms with E-state index in [-0.39, 0.29) is 0 Å². The largest absolute Gasteiger partial charge is 0.316 e. The summed E-state index contributed by atoms with van der Waals surface area (Å²) in [5, 5.41) is 3.27. The van der Waals surface area contributed by atoms with Crippen LogP contribution in [0.4, 0.5) is 0 Å². The van der Waals surface area contributed by atoms with E-state index in [0.29, 0.717) is 17.4 Å². The lowest BCUT2D eigenvalue weighted by molar-refractivity contribution is 0.399. The average molecular weight is 300 g/mol. The molecule has 2 rings (SSSR count). The van der Waals surface area contributed by atoms with Gasteiger partial charge in [-0.1, -0.05) is 12.1 Å². The van der Waals surface area contributed by atoms with Crippen LogP contribution in [0.3, 0.4) is 0 Å². The third-order valence-electron chi connectivity index (χ3n) is 3.43. The van der Waals surface area contributed by atoms with Crippen LogP contribution < -0.4 is 5.32 Å². The number of nitrogens with one attached hydrogen (secondary N) is 1. The fourth-order valence-corrected chi connectivity index (χ4v) is 4.70. The molecule has 106 valence electrons. The van der Waals surface area contributed by atoms with Gasteiger partial charge in [-0.25, -0.2) is 12.7 Å². The van der Waals surface area contributed by atoms with Crippen molar-refractivity contribution in [3.05, 3.63) is 24.3 Å². The molecule has 1 fully saturated rings. The van der Waals surface area contributed by atoms with E-state index in [1.807, 2.05) is 18.4 Å². The van der Waals surface area contributed by atoms with E-state index in [1.165, 1.54) is 16.1 Å². The first-order valence-electron chi connectivity index (χ1n) is 6.36. The van der Waals surface area contributed by atoms with Crippen LogP contribution in [0, 0.1) is 5.92 Å². The van der Waals surface area contributed by atoms with E-state index in [2.05, 4.69) is 5.32 Å². The second-order valence-electron chi connectivity index (χ2n) is 4.80.